The summed E-state index contributed by atoms with van der Waals surface area (Å²) in [6, 6.07) is 5.61. The van der Waals surface area contributed by atoms with Crippen molar-refractivity contribution >= 4 is 15.9 Å². The number of nitrogens with zero attached hydrogens (tertiary/aromatic N) is 3. The van der Waals surface area contributed by atoms with E-state index >= 15 is 0 Å². The van der Waals surface area contributed by atoms with E-state index in [-0.39, 0.29) is 11.2 Å². The molecule has 0 atom stereocenters. The highest BCUT2D eigenvalue weighted by Gasteiger charge is 2.48. The summed E-state index contributed by atoms with van der Waals surface area (Å²) in [4.78, 5) is 0. The Morgan fingerprint density at radius 2 is 2.11 bits per heavy atom. The van der Waals surface area contributed by atoms with Crippen molar-refractivity contribution in [1.82, 2.24) is 14.8 Å². The van der Waals surface area contributed by atoms with Crippen molar-refractivity contribution in [2.75, 3.05) is 0 Å². The normalized spacial score (nSPS) is 26.2. The van der Waals surface area contributed by atoms with Crippen LogP contribution in [0.1, 0.15) is 31.2 Å². The van der Waals surface area contributed by atoms with Gasteiger partial charge < -0.3 is 9.67 Å². The summed E-state index contributed by atoms with van der Waals surface area (Å²) in [6.07, 6.45) is 3.81. The predicted molar refractivity (Wildman–Crippen MR) is 76.0 cm³/mol. The van der Waals surface area contributed by atoms with E-state index < -0.39 is 0 Å². The average molecular weight is 322 g/mol. The lowest BCUT2D eigenvalue weighted by Gasteiger charge is -2.46. The molecule has 0 spiro atoms. The molecule has 0 bridgehead atoms. The van der Waals surface area contributed by atoms with E-state index in [0.717, 1.165) is 28.7 Å². The maximum atomic E-state index is 9.84. The van der Waals surface area contributed by atoms with Crippen LogP contribution < -0.4 is 0 Å². The molecule has 0 amide bonds. The lowest BCUT2D eigenvalue weighted by molar-refractivity contribution is 0.185. The molecule has 0 saturated heterocycles. The predicted octanol–water partition coefficient (Wildman–Crippen LogP) is 3.00. The molecule has 1 N–H and O–H groups in total. The molecule has 1 heterocycles. The summed E-state index contributed by atoms with van der Waals surface area (Å²) >= 11 is 3.45. The summed E-state index contributed by atoms with van der Waals surface area (Å²) in [5.74, 6) is 1.92. The molecule has 0 radical (unpaired) electrons. The third kappa shape index (κ3) is 1.96. The molecule has 5 heteroatoms. The number of halogens is 1. The summed E-state index contributed by atoms with van der Waals surface area (Å²) in [6.45, 7) is 2.24. The molecule has 19 heavy (non-hydrogen) atoms. The maximum Gasteiger partial charge on any atom is 0.143 e. The van der Waals surface area contributed by atoms with E-state index in [1.54, 1.807) is 12.4 Å². The average Bonchev–Trinajstić information content (AvgIpc) is 2.70. The van der Waals surface area contributed by atoms with Gasteiger partial charge in [-0.05, 0) is 42.5 Å². The van der Waals surface area contributed by atoms with Crippen LogP contribution in [0.25, 0.3) is 0 Å². The molecule has 3 rings (SSSR count). The zero-order chi connectivity index (χ0) is 13.6. The monoisotopic (exact) mass is 321 g/mol. The van der Waals surface area contributed by atoms with E-state index in [1.807, 2.05) is 17.7 Å². The Labute approximate surface area is 120 Å². The molecule has 0 unspecified atom stereocenters. The van der Waals surface area contributed by atoms with Gasteiger partial charge in [0.2, 0.25) is 0 Å². The zero-order valence-electron chi connectivity index (χ0n) is 11.0. The largest absolute Gasteiger partial charge is 0.508 e. The van der Waals surface area contributed by atoms with Crippen LogP contribution in [-0.2, 0) is 12.5 Å². The van der Waals surface area contributed by atoms with Gasteiger partial charge in [-0.3, -0.25) is 0 Å². The van der Waals surface area contributed by atoms with Gasteiger partial charge in [0, 0.05) is 11.5 Å². The molecular formula is C14H16BrN3O. The van der Waals surface area contributed by atoms with Gasteiger partial charge in [0.25, 0.3) is 0 Å². The Balaban J connectivity index is 2.14. The molecule has 4 nitrogen and oxygen atoms in total. The quantitative estimate of drug-likeness (QED) is 0.925. The fourth-order valence-electron chi connectivity index (χ4n) is 3.24. The van der Waals surface area contributed by atoms with Gasteiger partial charge in [0.05, 0.1) is 5.41 Å². The van der Waals surface area contributed by atoms with Crippen LogP contribution in [0.4, 0.5) is 0 Å². The molecule has 1 aliphatic rings. The summed E-state index contributed by atoms with van der Waals surface area (Å²) in [5.41, 5.74) is 0.986. The molecule has 1 aromatic heterocycles. The summed E-state index contributed by atoms with van der Waals surface area (Å²) in [5, 5.41) is 18.1. The van der Waals surface area contributed by atoms with Gasteiger partial charge in [0.1, 0.15) is 17.9 Å². The SMILES string of the molecule is CC1CC(c2cc(O)cc(Br)c2)(c2nncn2C)C1. The number of hydrogen-bond acceptors (Lipinski definition) is 3. The molecule has 100 valence electrons. The number of benzene rings is 1. The Hall–Kier alpha value is -1.36. The van der Waals surface area contributed by atoms with Crippen molar-refractivity contribution in [3.8, 4) is 5.75 Å². The van der Waals surface area contributed by atoms with Gasteiger partial charge in [-0.1, -0.05) is 22.9 Å². The molecule has 2 aromatic rings. The van der Waals surface area contributed by atoms with E-state index in [1.165, 1.54) is 0 Å². The first-order valence-corrected chi connectivity index (χ1v) is 7.15. The fourth-order valence-corrected chi connectivity index (χ4v) is 3.73. The molecule has 1 aliphatic carbocycles. The Morgan fingerprint density at radius 3 is 2.63 bits per heavy atom. The van der Waals surface area contributed by atoms with Crippen molar-refractivity contribution in [3.63, 3.8) is 0 Å². The minimum Gasteiger partial charge on any atom is -0.508 e. The fraction of sp³-hybridized carbons (Fsp3) is 0.429. The van der Waals surface area contributed by atoms with Gasteiger partial charge in [-0.2, -0.15) is 0 Å². The number of aryl methyl sites for hydroxylation is 1. The van der Waals surface area contributed by atoms with Crippen LogP contribution in [0, 0.1) is 5.92 Å². The van der Waals surface area contributed by atoms with Crippen LogP contribution in [0.3, 0.4) is 0 Å². The van der Waals surface area contributed by atoms with Crippen LogP contribution in [-0.4, -0.2) is 19.9 Å². The smallest absolute Gasteiger partial charge is 0.143 e. The molecule has 1 aromatic carbocycles. The minimum atomic E-state index is -0.119. The third-order valence-electron chi connectivity index (χ3n) is 3.97. The van der Waals surface area contributed by atoms with Crippen LogP contribution >= 0.6 is 15.9 Å². The lowest BCUT2D eigenvalue weighted by atomic mass is 9.58. The first-order chi connectivity index (χ1) is 9.01. The number of phenolic OH excluding ortho intramolecular Hbond substituents is 1. The zero-order valence-corrected chi connectivity index (χ0v) is 12.6. The highest BCUT2D eigenvalue weighted by atomic mass is 79.9. The molecule has 0 aliphatic heterocycles. The lowest BCUT2D eigenvalue weighted by Crippen LogP contribution is -2.43. The third-order valence-corrected chi connectivity index (χ3v) is 4.43. The van der Waals surface area contributed by atoms with Crippen molar-refractivity contribution in [2.45, 2.75) is 25.2 Å². The van der Waals surface area contributed by atoms with Gasteiger partial charge in [-0.25, -0.2) is 0 Å². The Kier molecular flexibility index (Phi) is 2.89. The molecule has 1 fully saturated rings. The number of aromatic hydroxyl groups is 1. The van der Waals surface area contributed by atoms with Crippen molar-refractivity contribution in [2.24, 2.45) is 13.0 Å². The first kappa shape index (κ1) is 12.7. The van der Waals surface area contributed by atoms with Crippen LogP contribution in [0.15, 0.2) is 29.0 Å². The van der Waals surface area contributed by atoms with E-state index in [0.29, 0.717) is 5.92 Å². The highest BCUT2D eigenvalue weighted by molar-refractivity contribution is 9.10. The first-order valence-electron chi connectivity index (χ1n) is 6.36. The van der Waals surface area contributed by atoms with Gasteiger partial charge in [0.15, 0.2) is 0 Å². The maximum absolute atomic E-state index is 9.84. The van der Waals surface area contributed by atoms with E-state index in [4.69, 9.17) is 0 Å². The number of phenols is 1. The van der Waals surface area contributed by atoms with Crippen molar-refractivity contribution in [3.05, 3.63) is 40.4 Å². The second kappa shape index (κ2) is 4.34. The van der Waals surface area contributed by atoms with E-state index in [2.05, 4.69) is 39.1 Å². The Bertz CT molecular complexity index is 597. The van der Waals surface area contributed by atoms with Gasteiger partial charge >= 0.3 is 0 Å². The Morgan fingerprint density at radius 1 is 1.37 bits per heavy atom. The van der Waals surface area contributed by atoms with E-state index in [9.17, 15) is 5.11 Å². The standard InChI is InChI=1S/C14H16BrN3O/c1-9-6-14(7-9,13-17-16-8-18(13)2)10-3-11(15)5-12(19)4-10/h3-5,8-9,19H,6-7H2,1-2H3. The summed E-state index contributed by atoms with van der Waals surface area (Å²) in [7, 11) is 1.97. The van der Waals surface area contributed by atoms with Crippen LogP contribution in [0.2, 0.25) is 0 Å². The highest BCUT2D eigenvalue weighted by Crippen LogP contribution is 2.52. The van der Waals surface area contributed by atoms with Crippen molar-refractivity contribution < 1.29 is 5.11 Å². The number of aromatic nitrogens is 3. The summed E-state index contributed by atoms with van der Waals surface area (Å²) < 4.78 is 2.87. The minimum absolute atomic E-state index is 0.119. The topological polar surface area (TPSA) is 50.9 Å². The van der Waals surface area contributed by atoms with Crippen LogP contribution in [0.5, 0.6) is 5.75 Å². The number of hydrogen-bond donors (Lipinski definition) is 1. The number of rotatable bonds is 2. The molecule has 1 saturated carbocycles. The van der Waals surface area contributed by atoms with Crippen molar-refractivity contribution in [1.29, 1.82) is 0 Å². The molecular weight excluding hydrogens is 306 g/mol. The second-order valence-corrected chi connectivity index (χ2v) is 6.47. The van der Waals surface area contributed by atoms with Gasteiger partial charge in [-0.15, -0.1) is 10.2 Å². The second-order valence-electron chi connectivity index (χ2n) is 5.56.